The smallest absolute Gasteiger partial charge is 0.410 e. The first-order valence-corrected chi connectivity index (χ1v) is 20.4. The highest BCUT2D eigenvalue weighted by Gasteiger charge is 2.70. The zero-order valence-corrected chi connectivity index (χ0v) is 33.6. The monoisotopic (exact) mass is 706 g/mol. The summed E-state index contributed by atoms with van der Waals surface area (Å²) in [5, 5.41) is 0. The molecule has 0 aromatic rings. The number of ether oxygens (including phenoxy) is 2. The minimum atomic E-state index is -0.774. The van der Waals surface area contributed by atoms with Crippen molar-refractivity contribution < 1.29 is 28.7 Å². The number of hydrogen-bond acceptors (Lipinski definition) is 6. The van der Waals surface area contributed by atoms with Crippen molar-refractivity contribution in [3.8, 4) is 0 Å². The van der Waals surface area contributed by atoms with E-state index in [0.717, 1.165) is 64.2 Å². The molecule has 7 rings (SSSR count). The second-order valence-electron chi connectivity index (χ2n) is 20.7. The van der Waals surface area contributed by atoms with Gasteiger partial charge < -0.3 is 19.3 Å². The van der Waals surface area contributed by atoms with Crippen LogP contribution in [0.3, 0.4) is 0 Å². The lowest BCUT2D eigenvalue weighted by Crippen LogP contribution is -2.65. The SMILES string of the molecule is CC(=O)O[C@H]1CC[C@]2(C)[C@H]3CCC4=C5C(C(C)C)C(=O)C[C@]5(C(=O)N5C6CCC5CN(C(=O)OC(C)(C)C)C6)CC[C@@]4(C)[C@]3(C)CC[C@H]2C1(C)C. The number of nitrogens with zero attached hydrogens (tertiary/aromatic N) is 2. The number of carbonyl (C=O) groups excluding carboxylic acids is 4. The minimum Gasteiger partial charge on any atom is -0.462 e. The lowest BCUT2D eigenvalue weighted by atomic mass is 9.34. The molecule has 0 aromatic carbocycles. The summed E-state index contributed by atoms with van der Waals surface area (Å²) in [6.07, 6.45) is 9.60. The maximum absolute atomic E-state index is 15.4. The average Bonchev–Trinajstić information content (AvgIpc) is 3.46. The zero-order chi connectivity index (χ0) is 37.3. The molecule has 5 aliphatic carbocycles. The van der Waals surface area contributed by atoms with Crippen molar-refractivity contribution in [3.05, 3.63) is 11.1 Å². The van der Waals surface area contributed by atoms with Crippen LogP contribution in [-0.2, 0) is 23.9 Å². The Bertz CT molecular complexity index is 1530. The van der Waals surface area contributed by atoms with Crippen LogP contribution in [0.15, 0.2) is 11.1 Å². The highest BCUT2D eigenvalue weighted by molar-refractivity contribution is 6.01. The number of amides is 2. The third-order valence-corrected chi connectivity index (χ3v) is 16.4. The summed E-state index contributed by atoms with van der Waals surface area (Å²) < 4.78 is 11.7. The molecule has 3 unspecified atom stereocenters. The van der Waals surface area contributed by atoms with E-state index in [1.54, 1.807) is 6.92 Å². The molecule has 6 fully saturated rings. The molecule has 0 aromatic heterocycles. The van der Waals surface area contributed by atoms with Gasteiger partial charge in [0.2, 0.25) is 5.91 Å². The predicted molar refractivity (Wildman–Crippen MR) is 196 cm³/mol. The van der Waals surface area contributed by atoms with E-state index >= 15 is 4.79 Å². The highest BCUT2D eigenvalue weighted by atomic mass is 16.6. The maximum atomic E-state index is 15.4. The second-order valence-corrected chi connectivity index (χ2v) is 20.7. The van der Waals surface area contributed by atoms with Crippen molar-refractivity contribution in [3.63, 3.8) is 0 Å². The van der Waals surface area contributed by atoms with Crippen LogP contribution < -0.4 is 0 Å². The summed E-state index contributed by atoms with van der Waals surface area (Å²) in [7, 11) is 0. The van der Waals surface area contributed by atoms with E-state index in [9.17, 15) is 14.4 Å². The Balaban J connectivity index is 1.24. The molecular formula is C43H66N2O6. The second kappa shape index (κ2) is 11.8. The van der Waals surface area contributed by atoms with E-state index in [1.807, 2.05) is 25.7 Å². The Morgan fingerprint density at radius 3 is 2.08 bits per heavy atom. The first-order valence-electron chi connectivity index (χ1n) is 20.4. The number of likely N-dealkylation sites (tertiary alicyclic amines) is 1. The Kier molecular flexibility index (Phi) is 8.56. The number of hydrogen-bond donors (Lipinski definition) is 0. The number of ketones is 1. The Morgan fingerprint density at radius 2 is 1.49 bits per heavy atom. The summed E-state index contributed by atoms with van der Waals surface area (Å²) >= 11 is 0. The van der Waals surface area contributed by atoms with Gasteiger partial charge in [-0.3, -0.25) is 14.4 Å². The molecule has 0 radical (unpaired) electrons. The van der Waals surface area contributed by atoms with Gasteiger partial charge in [-0.05, 0) is 125 Å². The van der Waals surface area contributed by atoms with Gasteiger partial charge in [0.1, 0.15) is 17.5 Å². The molecule has 7 aliphatic rings. The fourth-order valence-electron chi connectivity index (χ4n) is 14.1. The number of fused-ring (bicyclic) bond motifs is 8. The van der Waals surface area contributed by atoms with E-state index in [-0.39, 0.29) is 75.4 Å². The Morgan fingerprint density at radius 1 is 0.843 bits per heavy atom. The van der Waals surface area contributed by atoms with Crippen LogP contribution in [0, 0.1) is 50.7 Å². The molecular weight excluding hydrogens is 640 g/mol. The van der Waals surface area contributed by atoms with E-state index in [0.29, 0.717) is 31.3 Å². The molecule has 284 valence electrons. The summed E-state index contributed by atoms with van der Waals surface area (Å²) in [6, 6.07) is -0.0836. The number of allylic oxidation sites excluding steroid dienone is 1. The molecule has 2 amide bonds. The molecule has 0 N–H and O–H groups in total. The van der Waals surface area contributed by atoms with Crippen molar-refractivity contribution in [2.75, 3.05) is 13.1 Å². The van der Waals surface area contributed by atoms with Crippen LogP contribution in [0.4, 0.5) is 4.79 Å². The number of rotatable bonds is 3. The molecule has 0 spiro atoms. The van der Waals surface area contributed by atoms with Crippen LogP contribution in [0.1, 0.15) is 147 Å². The fourth-order valence-corrected chi connectivity index (χ4v) is 14.1. The molecule has 2 bridgehead atoms. The molecule has 4 saturated carbocycles. The molecule has 2 saturated heterocycles. The molecule has 2 aliphatic heterocycles. The van der Waals surface area contributed by atoms with Crippen LogP contribution in [0.25, 0.3) is 0 Å². The van der Waals surface area contributed by atoms with Crippen LogP contribution in [0.2, 0.25) is 0 Å². The standard InChI is InChI=1S/C43H66N2O6/c1-25(2)34-30(47)22-43(36(48)45-27-12-13-28(45)24-44(23-27)37(49)51-38(4,5)6)21-20-41(10)29(35(34)43)14-15-32-40(9)18-17-33(50-26(3)46)39(7,8)31(40)16-19-42(32,41)11/h25,27-28,31-34H,12-24H2,1-11H3/t27?,28?,31-,32+,33-,34?,40-,41+,42+,43+/m0/s1. The third kappa shape index (κ3) is 5.23. The molecule has 2 heterocycles. The first-order chi connectivity index (χ1) is 23.6. The maximum Gasteiger partial charge on any atom is 0.410 e. The topological polar surface area (TPSA) is 93.2 Å². The van der Waals surface area contributed by atoms with Gasteiger partial charge in [0.05, 0.1) is 5.41 Å². The molecule has 8 heteroatoms. The summed E-state index contributed by atoms with van der Waals surface area (Å²) in [4.78, 5) is 58.8. The van der Waals surface area contributed by atoms with Gasteiger partial charge >= 0.3 is 12.1 Å². The lowest BCUT2D eigenvalue weighted by molar-refractivity contribution is -0.213. The van der Waals surface area contributed by atoms with Crippen LogP contribution in [-0.4, -0.2) is 70.4 Å². The summed E-state index contributed by atoms with van der Waals surface area (Å²) in [5.41, 5.74) is 1.30. The van der Waals surface area contributed by atoms with Gasteiger partial charge in [-0.25, -0.2) is 4.79 Å². The van der Waals surface area contributed by atoms with Gasteiger partial charge in [0, 0.05) is 49.9 Å². The number of carbonyl (C=O) groups is 4. The Hall–Kier alpha value is -2.38. The number of esters is 1. The van der Waals surface area contributed by atoms with Gasteiger partial charge in [0.15, 0.2) is 0 Å². The quantitative estimate of drug-likeness (QED) is 0.216. The van der Waals surface area contributed by atoms with Gasteiger partial charge in [0.25, 0.3) is 0 Å². The molecule has 51 heavy (non-hydrogen) atoms. The fraction of sp³-hybridized carbons (Fsp3) is 0.860. The lowest BCUT2D eigenvalue weighted by Gasteiger charge is -2.70. The highest BCUT2D eigenvalue weighted by Crippen LogP contribution is 2.76. The van der Waals surface area contributed by atoms with Gasteiger partial charge in [-0.1, -0.05) is 54.0 Å². The predicted octanol–water partition coefficient (Wildman–Crippen LogP) is 8.51. The normalized spacial score (nSPS) is 42.9. The van der Waals surface area contributed by atoms with Crippen molar-refractivity contribution >= 4 is 23.8 Å². The van der Waals surface area contributed by atoms with E-state index in [2.05, 4.69) is 53.4 Å². The van der Waals surface area contributed by atoms with Gasteiger partial charge in [-0.15, -0.1) is 0 Å². The number of Topliss-reactive ketones (excluding diaryl/α,β-unsaturated/α-hetero) is 1. The largest absolute Gasteiger partial charge is 0.462 e. The van der Waals surface area contributed by atoms with Crippen LogP contribution >= 0.6 is 0 Å². The molecule has 8 nitrogen and oxygen atoms in total. The number of piperazine rings is 1. The minimum absolute atomic E-state index is 0.0418. The van der Waals surface area contributed by atoms with Crippen molar-refractivity contribution in [2.45, 2.75) is 171 Å². The summed E-state index contributed by atoms with van der Waals surface area (Å²) in [6.45, 7) is 24.9. The van der Waals surface area contributed by atoms with E-state index in [1.165, 1.54) is 11.1 Å². The Labute approximate surface area is 307 Å². The van der Waals surface area contributed by atoms with Crippen molar-refractivity contribution in [1.82, 2.24) is 9.80 Å². The third-order valence-electron chi connectivity index (χ3n) is 16.4. The van der Waals surface area contributed by atoms with Gasteiger partial charge in [-0.2, -0.15) is 0 Å². The van der Waals surface area contributed by atoms with Crippen LogP contribution in [0.5, 0.6) is 0 Å². The average molecular weight is 707 g/mol. The van der Waals surface area contributed by atoms with Crippen molar-refractivity contribution in [1.29, 1.82) is 0 Å². The van der Waals surface area contributed by atoms with E-state index in [4.69, 9.17) is 9.47 Å². The zero-order valence-electron chi connectivity index (χ0n) is 33.6. The first kappa shape index (κ1) is 37.0. The van der Waals surface area contributed by atoms with E-state index < -0.39 is 11.0 Å². The molecule has 10 atom stereocenters. The van der Waals surface area contributed by atoms with Crippen molar-refractivity contribution in [2.24, 2.45) is 50.7 Å². The summed E-state index contributed by atoms with van der Waals surface area (Å²) in [5.74, 6) is 1.14.